The molecule has 2 nitrogen and oxygen atoms in total. The van der Waals surface area contributed by atoms with Gasteiger partial charge in [-0.1, -0.05) is 38.5 Å². The Morgan fingerprint density at radius 3 is 2.00 bits per heavy atom. The normalized spacial score (nSPS) is 18.0. The lowest BCUT2D eigenvalue weighted by Crippen LogP contribution is -2.20. The average molecular weight is 295 g/mol. The second-order valence-corrected chi connectivity index (χ2v) is 4.17. The van der Waals surface area contributed by atoms with Crippen LogP contribution in [0.2, 0.25) is 0 Å². The first kappa shape index (κ1) is 9.13. The third kappa shape index (κ3) is 3.21. The molecule has 0 bridgehead atoms. The zero-order chi connectivity index (χ0) is 6.57. The van der Waals surface area contributed by atoms with E-state index in [2.05, 4.69) is 38.5 Å². The lowest BCUT2D eigenvalue weighted by Gasteiger charge is -2.09. The summed E-state index contributed by atoms with van der Waals surface area (Å²) in [7, 11) is 0. The Labute approximate surface area is 70.6 Å². The molecule has 0 radical (unpaired) electrons. The van der Waals surface area contributed by atoms with Crippen molar-refractivity contribution in [1.29, 1.82) is 0 Å². The first-order chi connectivity index (χ1) is 3.72. The Morgan fingerprint density at radius 2 is 1.88 bits per heavy atom. The molecular weight excluding hydrogens is 287 g/mol. The summed E-state index contributed by atoms with van der Waals surface area (Å²) in [5, 5.41) is 17.0. The van der Waals surface area contributed by atoms with Crippen molar-refractivity contribution in [2.24, 2.45) is 0 Å². The van der Waals surface area contributed by atoms with E-state index in [1.807, 2.05) is 0 Å². The lowest BCUT2D eigenvalue weighted by molar-refractivity contribution is 0.259. The van der Waals surface area contributed by atoms with Gasteiger partial charge in [-0.25, -0.2) is 0 Å². The highest BCUT2D eigenvalue weighted by Crippen LogP contribution is 2.12. The predicted octanol–water partition coefficient (Wildman–Crippen LogP) is 0.538. The molecule has 0 aliphatic rings. The first-order valence-electron chi connectivity index (χ1n) is 2.22. The van der Waals surface area contributed by atoms with Crippen molar-refractivity contribution in [3.63, 3.8) is 0 Å². The third-order valence-corrected chi connectivity index (χ3v) is 3.92. The molecule has 0 aromatic rings. The fourth-order valence-corrected chi connectivity index (χ4v) is 0.623. The zero-order valence-corrected chi connectivity index (χ0v) is 7.96. The Kier molecular flexibility index (Phi) is 5.66. The molecule has 8 heavy (non-hydrogen) atoms. The van der Waals surface area contributed by atoms with Crippen molar-refractivity contribution in [1.82, 2.24) is 0 Å². The molecule has 0 aliphatic carbocycles. The van der Waals surface area contributed by atoms with Crippen LogP contribution in [-0.4, -0.2) is 32.2 Å². The van der Waals surface area contributed by atoms with Crippen LogP contribution < -0.4 is 0 Å². The van der Waals surface area contributed by atoms with E-state index in [-0.39, 0.29) is 22.0 Å². The molecule has 2 N–H and O–H groups in total. The van der Waals surface area contributed by atoms with Gasteiger partial charge in [-0.05, 0) is 0 Å². The van der Waals surface area contributed by atoms with Gasteiger partial charge >= 0.3 is 0 Å². The SMILES string of the molecule is OCC(Br)C(I)CO. The van der Waals surface area contributed by atoms with Crippen LogP contribution in [0.15, 0.2) is 0 Å². The minimum atomic E-state index is 0.0214. The predicted molar refractivity (Wildman–Crippen MR) is 44.7 cm³/mol. The third-order valence-electron chi connectivity index (χ3n) is 0.741. The second kappa shape index (κ2) is 4.96. The second-order valence-electron chi connectivity index (χ2n) is 1.40. The smallest absolute Gasteiger partial charge is 0.0567 e. The van der Waals surface area contributed by atoms with Gasteiger partial charge in [0.2, 0.25) is 0 Å². The molecular formula is C4H8BrIO2. The Hall–Kier alpha value is 1.13. The molecule has 0 saturated carbocycles. The fraction of sp³-hybridized carbons (Fsp3) is 1.00. The van der Waals surface area contributed by atoms with E-state index < -0.39 is 0 Å². The van der Waals surface area contributed by atoms with Gasteiger partial charge in [-0.2, -0.15) is 0 Å². The minimum absolute atomic E-state index is 0.0214. The van der Waals surface area contributed by atoms with Gasteiger partial charge in [0.15, 0.2) is 0 Å². The minimum Gasteiger partial charge on any atom is -0.395 e. The van der Waals surface area contributed by atoms with E-state index in [0.717, 1.165) is 0 Å². The van der Waals surface area contributed by atoms with Crippen LogP contribution in [0.4, 0.5) is 0 Å². The highest BCUT2D eigenvalue weighted by Gasteiger charge is 2.11. The summed E-state index contributed by atoms with van der Waals surface area (Å²) >= 11 is 5.26. The lowest BCUT2D eigenvalue weighted by atomic mass is 10.3. The summed E-state index contributed by atoms with van der Waals surface area (Å²) in [6, 6.07) is 0. The summed E-state index contributed by atoms with van der Waals surface area (Å²) in [6.07, 6.45) is 0. The van der Waals surface area contributed by atoms with E-state index in [9.17, 15) is 0 Å². The highest BCUT2D eigenvalue weighted by atomic mass is 127. The Balaban J connectivity index is 3.29. The number of aliphatic hydroxyl groups excluding tert-OH is 2. The number of aliphatic hydroxyl groups is 2. The van der Waals surface area contributed by atoms with Crippen LogP contribution in [-0.2, 0) is 0 Å². The van der Waals surface area contributed by atoms with Gasteiger partial charge < -0.3 is 10.2 Å². The van der Waals surface area contributed by atoms with Crippen molar-refractivity contribution < 1.29 is 10.2 Å². The van der Waals surface area contributed by atoms with Crippen LogP contribution >= 0.6 is 38.5 Å². The fourth-order valence-electron chi connectivity index (χ4n) is 0.229. The summed E-state index contributed by atoms with van der Waals surface area (Å²) in [6.45, 7) is 0.186. The molecule has 0 aromatic carbocycles. The van der Waals surface area contributed by atoms with E-state index in [4.69, 9.17) is 10.2 Å². The molecule has 0 aromatic heterocycles. The van der Waals surface area contributed by atoms with Crippen molar-refractivity contribution in [3.8, 4) is 0 Å². The molecule has 0 rings (SSSR count). The highest BCUT2D eigenvalue weighted by molar-refractivity contribution is 14.1. The van der Waals surface area contributed by atoms with Crippen molar-refractivity contribution >= 4 is 38.5 Å². The summed E-state index contributed by atoms with van der Waals surface area (Å²) in [4.78, 5) is 0.0214. The molecule has 4 heteroatoms. The zero-order valence-electron chi connectivity index (χ0n) is 4.22. The number of hydrogen-bond donors (Lipinski definition) is 2. The maximum absolute atomic E-state index is 8.49. The monoisotopic (exact) mass is 294 g/mol. The van der Waals surface area contributed by atoms with Gasteiger partial charge in [0, 0.05) is 3.92 Å². The first-order valence-corrected chi connectivity index (χ1v) is 4.38. The molecule has 0 fully saturated rings. The average Bonchev–Trinajstić information content (AvgIpc) is 1.84. The van der Waals surface area contributed by atoms with Crippen LogP contribution in [0.1, 0.15) is 0 Å². The van der Waals surface area contributed by atoms with Crippen molar-refractivity contribution in [2.45, 2.75) is 8.75 Å². The molecule has 0 amide bonds. The van der Waals surface area contributed by atoms with Gasteiger partial charge in [0.05, 0.1) is 18.0 Å². The molecule has 50 valence electrons. The quantitative estimate of drug-likeness (QED) is 0.589. The van der Waals surface area contributed by atoms with Crippen molar-refractivity contribution in [2.75, 3.05) is 13.2 Å². The topological polar surface area (TPSA) is 40.5 Å². The number of alkyl halides is 2. The van der Waals surface area contributed by atoms with E-state index >= 15 is 0 Å². The van der Waals surface area contributed by atoms with Gasteiger partial charge in [0.1, 0.15) is 0 Å². The van der Waals surface area contributed by atoms with E-state index in [0.29, 0.717) is 0 Å². The van der Waals surface area contributed by atoms with E-state index in [1.54, 1.807) is 0 Å². The molecule has 0 heterocycles. The van der Waals surface area contributed by atoms with Crippen LogP contribution in [0, 0.1) is 0 Å². The van der Waals surface area contributed by atoms with Crippen LogP contribution in [0.3, 0.4) is 0 Å². The maximum Gasteiger partial charge on any atom is 0.0567 e. The number of hydrogen-bond acceptors (Lipinski definition) is 2. The molecule has 0 saturated heterocycles. The maximum atomic E-state index is 8.49. The summed E-state index contributed by atoms with van der Waals surface area (Å²) < 4.78 is 0.109. The van der Waals surface area contributed by atoms with E-state index in [1.165, 1.54) is 0 Å². The summed E-state index contributed by atoms with van der Waals surface area (Å²) in [5.74, 6) is 0. The molecule has 2 unspecified atom stereocenters. The van der Waals surface area contributed by atoms with Gasteiger partial charge in [-0.3, -0.25) is 0 Å². The number of rotatable bonds is 3. The Morgan fingerprint density at radius 1 is 1.38 bits per heavy atom. The molecule has 0 spiro atoms. The summed E-state index contributed by atoms with van der Waals surface area (Å²) in [5.41, 5.74) is 0. The standard InChI is InChI=1S/C4H8BrIO2/c5-3(1-7)4(6)2-8/h3-4,7-8H,1-2H2. The van der Waals surface area contributed by atoms with Crippen LogP contribution in [0.5, 0.6) is 0 Å². The van der Waals surface area contributed by atoms with Crippen LogP contribution in [0.25, 0.3) is 0 Å². The van der Waals surface area contributed by atoms with Crippen molar-refractivity contribution in [3.05, 3.63) is 0 Å². The largest absolute Gasteiger partial charge is 0.395 e. The molecule has 2 atom stereocenters. The van der Waals surface area contributed by atoms with Gasteiger partial charge in [-0.15, -0.1) is 0 Å². The Bertz CT molecular complexity index is 54.0. The van der Waals surface area contributed by atoms with Gasteiger partial charge in [0.25, 0.3) is 0 Å². The molecule has 0 aliphatic heterocycles. The number of halogens is 2.